The predicted octanol–water partition coefficient (Wildman–Crippen LogP) is 2.21. The van der Waals surface area contributed by atoms with Gasteiger partial charge in [-0.15, -0.1) is 11.3 Å². The van der Waals surface area contributed by atoms with E-state index in [1.165, 1.54) is 29.5 Å². The van der Waals surface area contributed by atoms with E-state index < -0.39 is 11.7 Å². The number of carbonyl (C=O) groups is 1. The second-order valence-electron chi connectivity index (χ2n) is 5.53. The van der Waals surface area contributed by atoms with Crippen LogP contribution in [0.4, 0.5) is 4.39 Å². The summed E-state index contributed by atoms with van der Waals surface area (Å²) in [5.41, 5.74) is -0.438. The third-order valence-electron chi connectivity index (χ3n) is 3.65. The lowest BCUT2D eigenvalue weighted by Crippen LogP contribution is -2.44. The van der Waals surface area contributed by atoms with Gasteiger partial charge in [-0.1, -0.05) is 6.07 Å². The van der Waals surface area contributed by atoms with Crippen molar-refractivity contribution < 1.29 is 19.0 Å². The molecule has 1 amide bonds. The van der Waals surface area contributed by atoms with E-state index in [2.05, 4.69) is 5.32 Å². The molecule has 3 rings (SSSR count). The van der Waals surface area contributed by atoms with Crippen molar-refractivity contribution in [2.75, 3.05) is 6.54 Å². The minimum Gasteiger partial charge on any atom is -0.480 e. The number of rotatable bonds is 4. The first-order chi connectivity index (χ1) is 10.5. The number of thiophene rings is 1. The number of halogens is 1. The van der Waals surface area contributed by atoms with E-state index in [9.17, 15) is 14.3 Å². The summed E-state index contributed by atoms with van der Waals surface area (Å²) in [5.74, 6) is -0.121. The fraction of sp³-hybridized carbons (Fsp3) is 0.312. The molecule has 4 nitrogen and oxygen atoms in total. The van der Waals surface area contributed by atoms with Gasteiger partial charge in [0.25, 0.3) is 5.91 Å². The zero-order valence-electron chi connectivity index (χ0n) is 12.0. The lowest BCUT2D eigenvalue weighted by Gasteiger charge is -2.23. The van der Waals surface area contributed by atoms with Gasteiger partial charge in [-0.2, -0.15) is 0 Å². The van der Waals surface area contributed by atoms with Gasteiger partial charge < -0.3 is 15.2 Å². The molecule has 0 aliphatic carbocycles. The summed E-state index contributed by atoms with van der Waals surface area (Å²) in [5, 5.41) is 15.0. The van der Waals surface area contributed by atoms with Crippen molar-refractivity contribution in [3.63, 3.8) is 0 Å². The van der Waals surface area contributed by atoms with Gasteiger partial charge in [-0.25, -0.2) is 4.39 Å². The molecule has 6 heteroatoms. The monoisotopic (exact) mass is 321 g/mol. The molecule has 2 aromatic rings. The number of hydrogen-bond acceptors (Lipinski definition) is 4. The number of ether oxygens (including phenoxy) is 1. The molecule has 1 aliphatic heterocycles. The van der Waals surface area contributed by atoms with E-state index in [4.69, 9.17) is 4.74 Å². The zero-order valence-corrected chi connectivity index (χ0v) is 12.8. The second kappa shape index (κ2) is 5.70. The Hall–Kier alpha value is -1.92. The molecule has 2 heterocycles. The Morgan fingerprint density at radius 3 is 3.09 bits per heavy atom. The standard InChI is InChI=1S/C16H16FNO3S/c1-16(20,14-3-2-6-22-14)9-18-15(19)13-8-10-7-11(17)4-5-12(10)21-13/h2-7,13,20H,8-9H2,1H3,(H,18,19)/t13-,16+/m0/s1. The van der Waals surface area contributed by atoms with Crippen molar-refractivity contribution in [1.29, 1.82) is 0 Å². The summed E-state index contributed by atoms with van der Waals surface area (Å²) in [4.78, 5) is 13.0. The van der Waals surface area contributed by atoms with Crippen LogP contribution in [0.3, 0.4) is 0 Å². The number of fused-ring (bicyclic) bond motifs is 1. The number of aliphatic hydroxyl groups is 1. The van der Waals surface area contributed by atoms with Crippen molar-refractivity contribution in [3.05, 3.63) is 52.0 Å². The largest absolute Gasteiger partial charge is 0.480 e. The van der Waals surface area contributed by atoms with E-state index in [-0.39, 0.29) is 18.3 Å². The molecule has 22 heavy (non-hydrogen) atoms. The average molecular weight is 321 g/mol. The topological polar surface area (TPSA) is 58.6 Å². The maximum Gasteiger partial charge on any atom is 0.261 e. The molecule has 0 bridgehead atoms. The van der Waals surface area contributed by atoms with Crippen LogP contribution in [-0.2, 0) is 16.8 Å². The second-order valence-corrected chi connectivity index (χ2v) is 6.48. The van der Waals surface area contributed by atoms with Gasteiger partial charge in [-0.05, 0) is 36.6 Å². The van der Waals surface area contributed by atoms with Gasteiger partial charge in [0.05, 0.1) is 6.54 Å². The van der Waals surface area contributed by atoms with Crippen LogP contribution in [0.1, 0.15) is 17.4 Å². The normalized spacial score (nSPS) is 19.1. The molecule has 2 atom stereocenters. The summed E-state index contributed by atoms with van der Waals surface area (Å²) >= 11 is 1.43. The maximum absolute atomic E-state index is 13.2. The van der Waals surface area contributed by atoms with E-state index in [0.29, 0.717) is 17.7 Å². The fourth-order valence-corrected chi connectivity index (χ4v) is 3.20. The minimum atomic E-state index is -1.12. The molecule has 0 saturated carbocycles. The Morgan fingerprint density at radius 2 is 2.36 bits per heavy atom. The molecule has 0 spiro atoms. The van der Waals surface area contributed by atoms with Crippen molar-refractivity contribution in [3.8, 4) is 5.75 Å². The number of hydrogen-bond donors (Lipinski definition) is 2. The highest BCUT2D eigenvalue weighted by Crippen LogP contribution is 2.29. The van der Waals surface area contributed by atoms with Gasteiger partial charge in [0, 0.05) is 16.9 Å². The minimum absolute atomic E-state index is 0.0942. The molecule has 0 saturated heterocycles. The smallest absolute Gasteiger partial charge is 0.261 e. The SMILES string of the molecule is C[C@@](O)(CNC(=O)[C@@H]1Cc2cc(F)ccc2O1)c1cccs1. The van der Waals surface area contributed by atoms with E-state index >= 15 is 0 Å². The van der Waals surface area contributed by atoms with Crippen LogP contribution < -0.4 is 10.1 Å². The molecule has 0 unspecified atom stereocenters. The number of benzene rings is 1. The number of carbonyl (C=O) groups excluding carboxylic acids is 1. The third kappa shape index (κ3) is 2.98. The van der Waals surface area contributed by atoms with Crippen LogP contribution in [0.15, 0.2) is 35.7 Å². The molecule has 116 valence electrons. The summed E-state index contributed by atoms with van der Waals surface area (Å²) in [6.07, 6.45) is -0.351. The molecule has 1 aromatic heterocycles. The van der Waals surface area contributed by atoms with Crippen LogP contribution in [0.2, 0.25) is 0 Å². The van der Waals surface area contributed by atoms with Gasteiger partial charge in [-0.3, -0.25) is 4.79 Å². The Balaban J connectivity index is 1.60. The number of amides is 1. The summed E-state index contributed by atoms with van der Waals surface area (Å²) in [7, 11) is 0. The quantitative estimate of drug-likeness (QED) is 0.908. The fourth-order valence-electron chi connectivity index (χ4n) is 2.41. The maximum atomic E-state index is 13.2. The molecule has 2 N–H and O–H groups in total. The van der Waals surface area contributed by atoms with Gasteiger partial charge in [0.1, 0.15) is 17.2 Å². The molecule has 1 aromatic carbocycles. The lowest BCUT2D eigenvalue weighted by molar-refractivity contribution is -0.128. The molecule has 0 radical (unpaired) electrons. The Bertz CT molecular complexity index is 685. The Morgan fingerprint density at radius 1 is 1.55 bits per heavy atom. The first kappa shape index (κ1) is 15.0. The number of nitrogens with one attached hydrogen (secondary N) is 1. The molecular weight excluding hydrogens is 305 g/mol. The van der Waals surface area contributed by atoms with Crippen LogP contribution in [0.5, 0.6) is 5.75 Å². The highest BCUT2D eigenvalue weighted by molar-refractivity contribution is 7.10. The predicted molar refractivity (Wildman–Crippen MR) is 81.4 cm³/mol. The molecule has 0 fully saturated rings. The third-order valence-corrected chi connectivity index (χ3v) is 4.77. The van der Waals surface area contributed by atoms with Crippen LogP contribution in [0, 0.1) is 5.82 Å². The summed E-state index contributed by atoms with van der Waals surface area (Å²) < 4.78 is 18.7. The van der Waals surface area contributed by atoms with Gasteiger partial charge in [0.15, 0.2) is 6.10 Å². The first-order valence-corrected chi connectivity index (χ1v) is 7.83. The Kier molecular flexibility index (Phi) is 3.88. The van der Waals surface area contributed by atoms with E-state index in [1.807, 2.05) is 17.5 Å². The van der Waals surface area contributed by atoms with E-state index in [0.717, 1.165) is 4.88 Å². The highest BCUT2D eigenvalue weighted by Gasteiger charge is 2.31. The van der Waals surface area contributed by atoms with Crippen molar-refractivity contribution >= 4 is 17.2 Å². The van der Waals surface area contributed by atoms with Crippen molar-refractivity contribution in [1.82, 2.24) is 5.32 Å². The van der Waals surface area contributed by atoms with Crippen molar-refractivity contribution in [2.24, 2.45) is 0 Å². The highest BCUT2D eigenvalue weighted by atomic mass is 32.1. The van der Waals surface area contributed by atoms with Gasteiger partial charge in [0.2, 0.25) is 0 Å². The average Bonchev–Trinajstić information content (AvgIpc) is 3.13. The Labute approximate surface area is 131 Å². The zero-order chi connectivity index (χ0) is 15.7. The lowest BCUT2D eigenvalue weighted by atomic mass is 10.0. The van der Waals surface area contributed by atoms with Gasteiger partial charge >= 0.3 is 0 Å². The van der Waals surface area contributed by atoms with E-state index in [1.54, 1.807) is 6.92 Å². The summed E-state index contributed by atoms with van der Waals surface area (Å²) in [6, 6.07) is 7.88. The molecule has 1 aliphatic rings. The summed E-state index contributed by atoms with van der Waals surface area (Å²) in [6.45, 7) is 1.75. The molecular formula is C16H16FNO3S. The van der Waals surface area contributed by atoms with Crippen LogP contribution >= 0.6 is 11.3 Å². The first-order valence-electron chi connectivity index (χ1n) is 6.95. The van der Waals surface area contributed by atoms with Crippen LogP contribution in [0.25, 0.3) is 0 Å². The van der Waals surface area contributed by atoms with Crippen molar-refractivity contribution in [2.45, 2.75) is 25.0 Å². The van der Waals surface area contributed by atoms with Crippen LogP contribution in [-0.4, -0.2) is 23.7 Å².